The highest BCUT2D eigenvalue weighted by Gasteiger charge is 2.29. The van der Waals surface area contributed by atoms with Crippen LogP contribution in [-0.4, -0.2) is 46.6 Å². The third kappa shape index (κ3) is 5.13. The van der Waals surface area contributed by atoms with Crippen molar-refractivity contribution in [2.24, 2.45) is 5.92 Å². The van der Waals surface area contributed by atoms with E-state index in [9.17, 15) is 13.2 Å². The number of methoxy groups -OCH3 is 2. The number of benzene rings is 1. The topological polar surface area (TPSA) is 81.7 Å². The van der Waals surface area contributed by atoms with E-state index in [1.165, 1.54) is 0 Å². The zero-order chi connectivity index (χ0) is 16.9. The lowest BCUT2D eigenvalue weighted by Gasteiger charge is -2.11. The minimum atomic E-state index is -2.92. The first-order chi connectivity index (χ1) is 10.9. The minimum Gasteiger partial charge on any atom is -0.493 e. The zero-order valence-electron chi connectivity index (χ0n) is 13.5. The van der Waals surface area contributed by atoms with Gasteiger partial charge >= 0.3 is 0 Å². The normalized spacial score (nSPS) is 19.3. The molecule has 7 heteroatoms. The van der Waals surface area contributed by atoms with Gasteiger partial charge in [-0.15, -0.1) is 0 Å². The number of rotatable bonds is 7. The van der Waals surface area contributed by atoms with Crippen molar-refractivity contribution in [3.63, 3.8) is 0 Å². The molecule has 0 saturated carbocycles. The van der Waals surface area contributed by atoms with Crippen molar-refractivity contribution in [3.8, 4) is 11.5 Å². The predicted molar refractivity (Wildman–Crippen MR) is 87.6 cm³/mol. The molecule has 1 saturated heterocycles. The number of sulfone groups is 1. The summed E-state index contributed by atoms with van der Waals surface area (Å²) in [7, 11) is 0.242. The molecule has 6 nitrogen and oxygen atoms in total. The van der Waals surface area contributed by atoms with Gasteiger partial charge < -0.3 is 14.8 Å². The molecule has 1 unspecified atom stereocenters. The molecule has 1 aliphatic heterocycles. The fourth-order valence-electron chi connectivity index (χ4n) is 2.75. The van der Waals surface area contributed by atoms with Gasteiger partial charge in [-0.2, -0.15) is 0 Å². The van der Waals surface area contributed by atoms with E-state index in [2.05, 4.69) is 5.32 Å². The van der Waals surface area contributed by atoms with Crippen LogP contribution in [0.25, 0.3) is 0 Å². The van der Waals surface area contributed by atoms with Crippen LogP contribution in [0.5, 0.6) is 11.5 Å². The summed E-state index contributed by atoms with van der Waals surface area (Å²) in [5.74, 6) is 1.54. The number of amides is 1. The Kier molecular flexibility index (Phi) is 5.87. The zero-order valence-corrected chi connectivity index (χ0v) is 14.3. The Morgan fingerprint density at radius 1 is 1.26 bits per heavy atom. The van der Waals surface area contributed by atoms with Crippen molar-refractivity contribution < 1.29 is 22.7 Å². The summed E-state index contributed by atoms with van der Waals surface area (Å²) < 4.78 is 33.2. The average molecular weight is 341 g/mol. The van der Waals surface area contributed by atoms with E-state index in [4.69, 9.17) is 9.47 Å². The molecule has 0 aromatic heterocycles. The van der Waals surface area contributed by atoms with Gasteiger partial charge in [-0.1, -0.05) is 6.07 Å². The summed E-state index contributed by atoms with van der Waals surface area (Å²) in [5.41, 5.74) is 1.03. The van der Waals surface area contributed by atoms with Crippen molar-refractivity contribution in [2.45, 2.75) is 19.3 Å². The van der Waals surface area contributed by atoms with E-state index < -0.39 is 9.84 Å². The second-order valence-corrected chi connectivity index (χ2v) is 7.99. The molecule has 0 radical (unpaired) electrons. The number of nitrogens with one attached hydrogen (secondary N) is 1. The molecule has 1 amide bonds. The van der Waals surface area contributed by atoms with Crippen LogP contribution in [0.1, 0.15) is 18.4 Å². The van der Waals surface area contributed by atoms with Crippen LogP contribution < -0.4 is 14.8 Å². The van der Waals surface area contributed by atoms with Crippen LogP contribution in [0, 0.1) is 5.92 Å². The maximum atomic E-state index is 11.9. The first-order valence-corrected chi connectivity index (χ1v) is 9.43. The largest absolute Gasteiger partial charge is 0.493 e. The van der Waals surface area contributed by atoms with Gasteiger partial charge in [-0.25, -0.2) is 8.42 Å². The summed E-state index contributed by atoms with van der Waals surface area (Å²) in [5, 5.41) is 2.85. The molecule has 1 N–H and O–H groups in total. The van der Waals surface area contributed by atoms with Crippen LogP contribution in [0.15, 0.2) is 18.2 Å². The second-order valence-electron chi connectivity index (χ2n) is 5.76. The fourth-order valence-corrected chi connectivity index (χ4v) is 4.61. The van der Waals surface area contributed by atoms with E-state index in [0.717, 1.165) is 5.56 Å². The van der Waals surface area contributed by atoms with E-state index in [1.807, 2.05) is 18.2 Å². The third-order valence-electron chi connectivity index (χ3n) is 3.98. The Balaban J connectivity index is 1.77. The van der Waals surface area contributed by atoms with Crippen molar-refractivity contribution in [1.29, 1.82) is 0 Å². The summed E-state index contributed by atoms with van der Waals surface area (Å²) in [4.78, 5) is 11.9. The molecule has 1 aromatic rings. The molecule has 0 bridgehead atoms. The van der Waals surface area contributed by atoms with Gasteiger partial charge in [-0.05, 0) is 36.5 Å². The summed E-state index contributed by atoms with van der Waals surface area (Å²) in [6.07, 6.45) is 1.55. The van der Waals surface area contributed by atoms with Gasteiger partial charge in [0.15, 0.2) is 21.3 Å². The maximum absolute atomic E-state index is 11.9. The van der Waals surface area contributed by atoms with Gasteiger partial charge in [0.1, 0.15) is 0 Å². The Labute approximate surface area is 137 Å². The molecule has 0 spiro atoms. The lowest BCUT2D eigenvalue weighted by atomic mass is 10.0. The Bertz CT molecular complexity index is 656. The number of carbonyl (C=O) groups excluding carboxylic acids is 1. The predicted octanol–water partition coefficient (Wildman–Crippen LogP) is 1.19. The van der Waals surface area contributed by atoms with Gasteiger partial charge in [0.2, 0.25) is 5.91 Å². The second kappa shape index (κ2) is 7.68. The van der Waals surface area contributed by atoms with Gasteiger partial charge in [-0.3, -0.25) is 4.79 Å². The number of ether oxygens (including phenoxy) is 2. The summed E-state index contributed by atoms with van der Waals surface area (Å²) in [6.45, 7) is 0.508. The molecule has 128 valence electrons. The van der Waals surface area contributed by atoms with Crippen LogP contribution >= 0.6 is 0 Å². The van der Waals surface area contributed by atoms with E-state index in [1.54, 1.807) is 14.2 Å². The first-order valence-electron chi connectivity index (χ1n) is 7.61. The highest BCUT2D eigenvalue weighted by Crippen LogP contribution is 2.27. The van der Waals surface area contributed by atoms with Crippen molar-refractivity contribution in [1.82, 2.24) is 5.32 Å². The summed E-state index contributed by atoms with van der Waals surface area (Å²) >= 11 is 0. The SMILES string of the molecule is COc1ccc(CCNC(=O)CC2CCS(=O)(=O)C2)cc1OC. The highest BCUT2D eigenvalue weighted by atomic mass is 32.2. The van der Waals surface area contributed by atoms with Crippen LogP contribution in [0.2, 0.25) is 0 Å². The van der Waals surface area contributed by atoms with Crippen LogP contribution in [-0.2, 0) is 21.1 Å². The number of hydrogen-bond donors (Lipinski definition) is 1. The monoisotopic (exact) mass is 341 g/mol. The molecule has 1 aliphatic rings. The lowest BCUT2D eigenvalue weighted by molar-refractivity contribution is -0.121. The molecular formula is C16H23NO5S. The van der Waals surface area contributed by atoms with E-state index in [-0.39, 0.29) is 29.8 Å². The highest BCUT2D eigenvalue weighted by molar-refractivity contribution is 7.91. The Morgan fingerprint density at radius 3 is 2.61 bits per heavy atom. The van der Waals surface area contributed by atoms with E-state index in [0.29, 0.717) is 30.9 Å². The van der Waals surface area contributed by atoms with Crippen LogP contribution in [0.4, 0.5) is 0 Å². The summed E-state index contributed by atoms with van der Waals surface area (Å²) in [6, 6.07) is 5.64. The van der Waals surface area contributed by atoms with Crippen molar-refractivity contribution >= 4 is 15.7 Å². The molecule has 1 fully saturated rings. The van der Waals surface area contributed by atoms with Crippen molar-refractivity contribution in [2.75, 3.05) is 32.3 Å². The molecule has 2 rings (SSSR count). The van der Waals surface area contributed by atoms with Gasteiger partial charge in [0.25, 0.3) is 0 Å². The quantitative estimate of drug-likeness (QED) is 0.805. The van der Waals surface area contributed by atoms with Gasteiger partial charge in [0, 0.05) is 13.0 Å². The standard InChI is InChI=1S/C16H23NO5S/c1-21-14-4-3-12(9-15(14)22-2)5-7-17-16(18)10-13-6-8-23(19,20)11-13/h3-4,9,13H,5-8,10-11H2,1-2H3,(H,17,18). The Morgan fingerprint density at radius 2 is 2.00 bits per heavy atom. The molecule has 1 atom stereocenters. The first kappa shape index (κ1) is 17.6. The van der Waals surface area contributed by atoms with Crippen molar-refractivity contribution in [3.05, 3.63) is 23.8 Å². The fraction of sp³-hybridized carbons (Fsp3) is 0.562. The molecule has 0 aliphatic carbocycles. The molecule has 23 heavy (non-hydrogen) atoms. The lowest BCUT2D eigenvalue weighted by Crippen LogP contribution is -2.27. The number of carbonyl (C=O) groups is 1. The molecule has 1 heterocycles. The molecule has 1 aromatic carbocycles. The number of hydrogen-bond acceptors (Lipinski definition) is 5. The average Bonchev–Trinajstić information content (AvgIpc) is 2.85. The third-order valence-corrected chi connectivity index (χ3v) is 5.82. The van der Waals surface area contributed by atoms with Crippen LogP contribution in [0.3, 0.4) is 0 Å². The smallest absolute Gasteiger partial charge is 0.220 e. The minimum absolute atomic E-state index is 0.0407. The maximum Gasteiger partial charge on any atom is 0.220 e. The Hall–Kier alpha value is -1.76. The molecular weight excluding hydrogens is 318 g/mol. The van der Waals surface area contributed by atoms with Gasteiger partial charge in [0.05, 0.1) is 25.7 Å². The van der Waals surface area contributed by atoms with E-state index >= 15 is 0 Å².